The zero-order valence-electron chi connectivity index (χ0n) is 13.4. The van der Waals surface area contributed by atoms with Crippen molar-refractivity contribution in [1.29, 1.82) is 0 Å². The highest BCUT2D eigenvalue weighted by Gasteiger charge is 2.19. The molecule has 0 bridgehead atoms. The molecule has 0 aliphatic rings. The molecule has 7 nitrogen and oxygen atoms in total. The van der Waals surface area contributed by atoms with E-state index >= 15 is 0 Å². The van der Waals surface area contributed by atoms with E-state index in [1.807, 2.05) is 17.5 Å². The number of hydrogen-bond donors (Lipinski definition) is 1. The molecule has 2 aromatic rings. The topological polar surface area (TPSA) is 98.5 Å². The van der Waals surface area contributed by atoms with Crippen LogP contribution in [0.2, 0.25) is 0 Å². The Labute approximate surface area is 148 Å². The molecule has 0 saturated heterocycles. The van der Waals surface area contributed by atoms with Crippen molar-refractivity contribution in [2.24, 2.45) is 0 Å². The number of nitro benzene ring substituents is 1. The fourth-order valence-corrected chi connectivity index (χ4v) is 2.92. The molecule has 8 heteroatoms. The highest BCUT2D eigenvalue weighted by molar-refractivity contribution is 7.10. The Morgan fingerprint density at radius 2 is 2.08 bits per heavy atom. The lowest BCUT2D eigenvalue weighted by molar-refractivity contribution is -0.385. The van der Waals surface area contributed by atoms with Crippen LogP contribution in [-0.2, 0) is 14.3 Å². The summed E-state index contributed by atoms with van der Waals surface area (Å²) in [6, 6.07) is 9.23. The second kappa shape index (κ2) is 8.74. The van der Waals surface area contributed by atoms with E-state index in [-0.39, 0.29) is 12.1 Å². The fourth-order valence-electron chi connectivity index (χ4n) is 2.14. The van der Waals surface area contributed by atoms with Gasteiger partial charge >= 0.3 is 5.97 Å². The minimum absolute atomic E-state index is 0.00206. The van der Waals surface area contributed by atoms with Crippen molar-refractivity contribution in [3.63, 3.8) is 0 Å². The van der Waals surface area contributed by atoms with Gasteiger partial charge in [-0.2, -0.15) is 0 Å². The summed E-state index contributed by atoms with van der Waals surface area (Å²) < 4.78 is 4.65. The molecule has 130 valence electrons. The number of methoxy groups -OCH3 is 1. The van der Waals surface area contributed by atoms with E-state index in [4.69, 9.17) is 0 Å². The van der Waals surface area contributed by atoms with Gasteiger partial charge in [-0.1, -0.05) is 18.2 Å². The summed E-state index contributed by atoms with van der Waals surface area (Å²) in [7, 11) is 1.28. The summed E-state index contributed by atoms with van der Waals surface area (Å²) in [5.41, 5.74) is 0.235. The Bertz CT molecular complexity index is 786. The molecule has 1 N–H and O–H groups in total. The standard InChI is InChI=1S/C17H16N2O5S/c1-24-17(21)11-13(15-7-4-10-25-15)18-16(20)9-8-12-5-2-3-6-14(12)19(22)23/h2-10,13H,11H2,1H3,(H,18,20)/b9-8+. The summed E-state index contributed by atoms with van der Waals surface area (Å²) in [4.78, 5) is 35.0. The van der Waals surface area contributed by atoms with E-state index in [1.165, 1.54) is 36.7 Å². The first kappa shape index (κ1) is 18.3. The zero-order valence-corrected chi connectivity index (χ0v) is 14.2. The van der Waals surface area contributed by atoms with Gasteiger partial charge in [0, 0.05) is 17.0 Å². The second-order valence-corrected chi connectivity index (χ2v) is 5.99. The number of ether oxygens (including phenoxy) is 1. The first-order valence-corrected chi connectivity index (χ1v) is 8.21. The Morgan fingerprint density at radius 3 is 2.72 bits per heavy atom. The van der Waals surface area contributed by atoms with Crippen molar-refractivity contribution in [3.8, 4) is 0 Å². The Kier molecular flexibility index (Phi) is 6.41. The number of hydrogen-bond acceptors (Lipinski definition) is 6. The maximum absolute atomic E-state index is 12.2. The van der Waals surface area contributed by atoms with Crippen LogP contribution >= 0.6 is 11.3 Å². The number of para-hydroxylation sites is 1. The van der Waals surface area contributed by atoms with E-state index in [9.17, 15) is 19.7 Å². The number of nitrogens with one attached hydrogen (secondary N) is 1. The van der Waals surface area contributed by atoms with Crippen LogP contribution < -0.4 is 5.32 Å². The van der Waals surface area contributed by atoms with Crippen molar-refractivity contribution in [2.75, 3.05) is 7.11 Å². The van der Waals surface area contributed by atoms with Gasteiger partial charge in [-0.3, -0.25) is 19.7 Å². The number of carbonyl (C=O) groups excluding carboxylic acids is 2. The lowest BCUT2D eigenvalue weighted by Gasteiger charge is -2.15. The molecule has 0 aliphatic carbocycles. The molecule has 2 rings (SSSR count). The Morgan fingerprint density at radius 1 is 1.32 bits per heavy atom. The van der Waals surface area contributed by atoms with Crippen molar-refractivity contribution in [3.05, 3.63) is 68.4 Å². The molecule has 1 amide bonds. The summed E-state index contributed by atoms with van der Waals surface area (Å²) in [6.45, 7) is 0. The molecule has 0 aliphatic heterocycles. The van der Waals surface area contributed by atoms with Crippen LogP contribution in [0.1, 0.15) is 22.9 Å². The molecular weight excluding hydrogens is 344 g/mol. The predicted octanol–water partition coefficient (Wildman–Crippen LogP) is 3.09. The summed E-state index contributed by atoms with van der Waals surface area (Å²) in [5, 5.41) is 15.5. The molecule has 0 spiro atoms. The van der Waals surface area contributed by atoms with Gasteiger partial charge in [0.25, 0.3) is 5.69 Å². The van der Waals surface area contributed by atoms with Crippen LogP contribution in [0.3, 0.4) is 0 Å². The van der Waals surface area contributed by atoms with Gasteiger partial charge in [-0.05, 0) is 23.6 Å². The first-order chi connectivity index (χ1) is 12.0. The third-order valence-corrected chi connectivity index (χ3v) is 4.34. The monoisotopic (exact) mass is 360 g/mol. The van der Waals surface area contributed by atoms with Crippen LogP contribution in [0.4, 0.5) is 5.69 Å². The Balaban J connectivity index is 2.11. The number of nitrogens with zero attached hydrogens (tertiary/aromatic N) is 1. The third-order valence-electron chi connectivity index (χ3n) is 3.35. The van der Waals surface area contributed by atoms with Crippen LogP contribution in [-0.4, -0.2) is 23.9 Å². The maximum Gasteiger partial charge on any atom is 0.307 e. The molecule has 1 heterocycles. The lowest BCUT2D eigenvalue weighted by Crippen LogP contribution is -2.28. The number of carbonyl (C=O) groups is 2. The second-order valence-electron chi connectivity index (χ2n) is 5.01. The van der Waals surface area contributed by atoms with Gasteiger partial charge in [-0.15, -0.1) is 11.3 Å². The first-order valence-electron chi connectivity index (χ1n) is 7.33. The van der Waals surface area contributed by atoms with Gasteiger partial charge in [0.2, 0.25) is 5.91 Å². The minimum atomic E-state index is -0.518. The van der Waals surface area contributed by atoms with Crippen LogP contribution in [0.5, 0.6) is 0 Å². The molecule has 1 atom stereocenters. The van der Waals surface area contributed by atoms with Crippen LogP contribution in [0, 0.1) is 10.1 Å². The van der Waals surface area contributed by atoms with E-state index < -0.39 is 22.8 Å². The SMILES string of the molecule is COC(=O)CC(NC(=O)/C=C/c1ccccc1[N+](=O)[O-])c1cccs1. The fraction of sp³-hybridized carbons (Fsp3) is 0.176. The van der Waals surface area contributed by atoms with Crippen molar-refractivity contribution >= 4 is 35.0 Å². The highest BCUT2D eigenvalue weighted by atomic mass is 32.1. The molecular formula is C17H16N2O5S. The van der Waals surface area contributed by atoms with E-state index in [2.05, 4.69) is 10.1 Å². The van der Waals surface area contributed by atoms with Crippen LogP contribution in [0.15, 0.2) is 47.9 Å². The molecule has 1 aromatic carbocycles. The number of rotatable bonds is 7. The van der Waals surface area contributed by atoms with Gasteiger partial charge in [0.15, 0.2) is 0 Å². The molecule has 1 aromatic heterocycles. The molecule has 0 radical (unpaired) electrons. The summed E-state index contributed by atoms with van der Waals surface area (Å²) in [6.07, 6.45) is 2.58. The normalized spacial score (nSPS) is 11.9. The van der Waals surface area contributed by atoms with Gasteiger partial charge < -0.3 is 10.1 Å². The number of benzene rings is 1. The number of nitro groups is 1. The van der Waals surface area contributed by atoms with Gasteiger partial charge in [0.1, 0.15) is 0 Å². The van der Waals surface area contributed by atoms with E-state index in [0.717, 1.165) is 4.88 Å². The minimum Gasteiger partial charge on any atom is -0.469 e. The maximum atomic E-state index is 12.2. The lowest BCUT2D eigenvalue weighted by atomic mass is 10.1. The van der Waals surface area contributed by atoms with Crippen LogP contribution in [0.25, 0.3) is 6.08 Å². The number of esters is 1. The summed E-state index contributed by atoms with van der Waals surface area (Å²) in [5.74, 6) is -0.901. The average Bonchev–Trinajstić information content (AvgIpc) is 3.14. The van der Waals surface area contributed by atoms with Crippen molar-refractivity contribution < 1.29 is 19.2 Å². The van der Waals surface area contributed by atoms with E-state index in [1.54, 1.807) is 18.2 Å². The predicted molar refractivity (Wildman–Crippen MR) is 94.0 cm³/mol. The van der Waals surface area contributed by atoms with E-state index in [0.29, 0.717) is 5.56 Å². The number of thiophene rings is 1. The summed E-state index contributed by atoms with van der Waals surface area (Å²) >= 11 is 1.41. The smallest absolute Gasteiger partial charge is 0.307 e. The largest absolute Gasteiger partial charge is 0.469 e. The average molecular weight is 360 g/mol. The van der Waals surface area contributed by atoms with Crippen molar-refractivity contribution in [1.82, 2.24) is 5.32 Å². The van der Waals surface area contributed by atoms with Gasteiger partial charge in [0.05, 0.1) is 30.1 Å². The number of amides is 1. The third kappa shape index (κ3) is 5.25. The van der Waals surface area contributed by atoms with Crippen molar-refractivity contribution in [2.45, 2.75) is 12.5 Å². The molecule has 0 fully saturated rings. The van der Waals surface area contributed by atoms with Gasteiger partial charge in [-0.25, -0.2) is 0 Å². The Hall–Kier alpha value is -3.00. The highest BCUT2D eigenvalue weighted by Crippen LogP contribution is 2.23. The molecule has 1 unspecified atom stereocenters. The zero-order chi connectivity index (χ0) is 18.2. The molecule has 0 saturated carbocycles. The quantitative estimate of drug-likeness (QED) is 0.354. The molecule has 25 heavy (non-hydrogen) atoms.